The van der Waals surface area contributed by atoms with E-state index in [4.69, 9.17) is 28.9 Å². The van der Waals surface area contributed by atoms with Crippen molar-refractivity contribution in [3.8, 4) is 45.8 Å². The molecule has 0 aliphatic carbocycles. The van der Waals surface area contributed by atoms with E-state index in [0.717, 1.165) is 67.5 Å². The summed E-state index contributed by atoms with van der Waals surface area (Å²) in [5, 5.41) is 0. The summed E-state index contributed by atoms with van der Waals surface area (Å²) < 4.78 is 22.3. The first-order chi connectivity index (χ1) is 27.9. The second kappa shape index (κ2) is 16.7. The van der Waals surface area contributed by atoms with Crippen molar-refractivity contribution in [3.63, 3.8) is 0 Å². The van der Waals surface area contributed by atoms with Gasteiger partial charge in [0.15, 0.2) is 11.6 Å². The number of methoxy groups -OCH3 is 2. The summed E-state index contributed by atoms with van der Waals surface area (Å²) in [5.74, 6) is 4.51. The molecule has 0 radical (unpaired) electrons. The summed E-state index contributed by atoms with van der Waals surface area (Å²) in [6, 6.07) is 41.6. The summed E-state index contributed by atoms with van der Waals surface area (Å²) in [4.78, 5) is 42.3. The molecule has 0 saturated carbocycles. The zero-order chi connectivity index (χ0) is 39.1. The predicted octanol–water partition coefficient (Wildman–Crippen LogP) is 9.49. The lowest BCUT2D eigenvalue weighted by Gasteiger charge is -2.09. The molecule has 0 bridgehead atoms. The van der Waals surface area contributed by atoms with Crippen molar-refractivity contribution < 1.29 is 28.5 Å². The largest absolute Gasteiger partial charge is 0.497 e. The Morgan fingerprint density at radius 3 is 1.26 bits per heavy atom. The second-order valence-corrected chi connectivity index (χ2v) is 13.6. The van der Waals surface area contributed by atoms with Crippen molar-refractivity contribution in [1.29, 1.82) is 0 Å². The van der Waals surface area contributed by atoms with Crippen LogP contribution in [0.15, 0.2) is 133 Å². The molecule has 10 heteroatoms. The number of nitrogens with zero attached hydrogens (tertiary/aromatic N) is 2. The minimum atomic E-state index is 0.0207. The summed E-state index contributed by atoms with van der Waals surface area (Å²) in [6.45, 7) is 0.906. The Kier molecular flexibility index (Phi) is 10.7. The Balaban J connectivity index is 0.768. The van der Waals surface area contributed by atoms with Crippen LogP contribution in [-0.4, -0.2) is 58.9 Å². The van der Waals surface area contributed by atoms with Gasteiger partial charge in [-0.05, 0) is 132 Å². The molecule has 0 unspecified atom stereocenters. The number of hydrogen-bond donors (Lipinski definition) is 2. The Hall–Kier alpha value is -7.20. The molecule has 284 valence electrons. The first-order valence-corrected chi connectivity index (χ1v) is 18.7. The number of aromatic nitrogens is 4. The number of benzene rings is 6. The fourth-order valence-electron chi connectivity index (χ4n) is 6.59. The van der Waals surface area contributed by atoms with Crippen molar-refractivity contribution in [2.45, 2.75) is 19.3 Å². The smallest absolute Gasteiger partial charge is 0.167 e. The maximum atomic E-state index is 13.1. The lowest BCUT2D eigenvalue weighted by Crippen LogP contribution is -2.06. The van der Waals surface area contributed by atoms with Gasteiger partial charge < -0.3 is 28.9 Å². The second-order valence-electron chi connectivity index (χ2n) is 13.6. The molecule has 8 aromatic rings. The average molecular weight is 757 g/mol. The van der Waals surface area contributed by atoms with Gasteiger partial charge in [0.2, 0.25) is 0 Å². The molecule has 0 saturated heterocycles. The standard InChI is InChI=1S/C47H40N4O6/c1-54-36-14-10-34(11-15-36)46-48-40-22-4-30(26-42(40)50-46)28-44(52)32-6-18-38(19-7-32)56-24-3-25-57-39-20-8-33(9-21-39)45(53)29-31-5-23-41-43(27-31)51-47(49-41)35-12-16-37(55-2)17-13-35/h4-23,26-27H,3,24-25,28-29H2,1-2H3,(H,48,50)(H,49,51). The number of hydrogen-bond acceptors (Lipinski definition) is 8. The summed E-state index contributed by atoms with van der Waals surface area (Å²) in [5.41, 5.74) is 8.40. The monoisotopic (exact) mass is 756 g/mol. The maximum absolute atomic E-state index is 13.1. The first kappa shape index (κ1) is 36.8. The molecule has 2 N–H and O–H groups in total. The topological polar surface area (TPSA) is 128 Å². The van der Waals surface area contributed by atoms with Crippen LogP contribution in [0.3, 0.4) is 0 Å². The van der Waals surface area contributed by atoms with Crippen LogP contribution in [0, 0.1) is 0 Å². The van der Waals surface area contributed by atoms with Crippen LogP contribution in [-0.2, 0) is 12.8 Å². The molecule has 0 atom stereocenters. The van der Waals surface area contributed by atoms with Crippen LogP contribution in [0.2, 0.25) is 0 Å². The highest BCUT2D eigenvalue weighted by atomic mass is 16.5. The summed E-state index contributed by atoms with van der Waals surface area (Å²) in [7, 11) is 3.28. The van der Waals surface area contributed by atoms with Gasteiger partial charge in [-0.15, -0.1) is 0 Å². The van der Waals surface area contributed by atoms with Gasteiger partial charge in [-0.25, -0.2) is 9.97 Å². The molecule has 10 nitrogen and oxygen atoms in total. The number of ketones is 2. The normalized spacial score (nSPS) is 11.1. The Bertz CT molecular complexity index is 2460. The van der Waals surface area contributed by atoms with E-state index < -0.39 is 0 Å². The first-order valence-electron chi connectivity index (χ1n) is 18.7. The number of ether oxygens (including phenoxy) is 4. The quantitative estimate of drug-likeness (QED) is 0.0737. The molecule has 0 spiro atoms. The third kappa shape index (κ3) is 8.71. The van der Waals surface area contributed by atoms with E-state index >= 15 is 0 Å². The summed E-state index contributed by atoms with van der Waals surface area (Å²) in [6.07, 6.45) is 1.21. The molecule has 0 amide bonds. The lowest BCUT2D eigenvalue weighted by molar-refractivity contribution is 0.0984. The fraction of sp³-hybridized carbons (Fsp3) is 0.149. The molecule has 0 aliphatic heterocycles. The van der Waals surface area contributed by atoms with E-state index in [1.54, 1.807) is 38.5 Å². The molecule has 57 heavy (non-hydrogen) atoms. The molecule has 0 aliphatic rings. The number of Topliss-reactive ketones (excluding diaryl/α,β-unsaturated/α-hetero) is 2. The molecule has 8 rings (SSSR count). The molecule has 6 aromatic carbocycles. The lowest BCUT2D eigenvalue weighted by atomic mass is 10.0. The van der Waals surface area contributed by atoms with Crippen molar-refractivity contribution in [2.75, 3.05) is 27.4 Å². The summed E-state index contributed by atoms with van der Waals surface area (Å²) >= 11 is 0. The predicted molar refractivity (Wildman–Crippen MR) is 221 cm³/mol. The van der Waals surface area contributed by atoms with Gasteiger partial charge in [-0.1, -0.05) is 12.1 Å². The van der Waals surface area contributed by atoms with Gasteiger partial charge in [0.1, 0.15) is 34.6 Å². The van der Waals surface area contributed by atoms with Gasteiger partial charge in [0, 0.05) is 41.5 Å². The fourth-order valence-corrected chi connectivity index (χ4v) is 6.59. The van der Waals surface area contributed by atoms with Gasteiger partial charge in [-0.2, -0.15) is 0 Å². The van der Waals surface area contributed by atoms with E-state index in [-0.39, 0.29) is 24.4 Å². The number of aromatic amines is 2. The molecular weight excluding hydrogens is 717 g/mol. The number of carbonyl (C=O) groups is 2. The zero-order valence-corrected chi connectivity index (χ0v) is 31.6. The molecule has 2 heterocycles. The van der Waals surface area contributed by atoms with Crippen molar-refractivity contribution >= 4 is 33.6 Å². The van der Waals surface area contributed by atoms with Crippen LogP contribution < -0.4 is 18.9 Å². The van der Waals surface area contributed by atoms with Crippen molar-refractivity contribution in [3.05, 3.63) is 156 Å². The van der Waals surface area contributed by atoms with E-state index in [0.29, 0.717) is 42.3 Å². The number of rotatable bonds is 16. The van der Waals surface area contributed by atoms with Crippen LogP contribution in [0.4, 0.5) is 0 Å². The minimum absolute atomic E-state index is 0.0207. The van der Waals surface area contributed by atoms with Crippen molar-refractivity contribution in [2.24, 2.45) is 0 Å². The van der Waals surface area contributed by atoms with Gasteiger partial charge in [0.25, 0.3) is 0 Å². The van der Waals surface area contributed by atoms with Crippen LogP contribution >= 0.6 is 0 Å². The number of nitrogens with one attached hydrogen (secondary N) is 2. The van der Waals surface area contributed by atoms with Gasteiger partial charge >= 0.3 is 0 Å². The maximum Gasteiger partial charge on any atom is 0.167 e. The third-order valence-corrected chi connectivity index (χ3v) is 9.73. The van der Waals surface area contributed by atoms with E-state index in [9.17, 15) is 9.59 Å². The molecule has 2 aromatic heterocycles. The Morgan fingerprint density at radius 1 is 0.491 bits per heavy atom. The van der Waals surface area contributed by atoms with Crippen LogP contribution in [0.25, 0.3) is 44.8 Å². The van der Waals surface area contributed by atoms with E-state index in [2.05, 4.69) is 9.97 Å². The highest BCUT2D eigenvalue weighted by molar-refractivity contribution is 5.99. The Labute approximate surface area is 329 Å². The zero-order valence-electron chi connectivity index (χ0n) is 31.6. The highest BCUT2D eigenvalue weighted by Crippen LogP contribution is 2.26. The van der Waals surface area contributed by atoms with Gasteiger partial charge in [0.05, 0.1) is 49.5 Å². The molecule has 0 fully saturated rings. The average Bonchev–Trinajstić information content (AvgIpc) is 3.88. The number of imidazole rings is 2. The van der Waals surface area contributed by atoms with Crippen LogP contribution in [0.5, 0.6) is 23.0 Å². The number of carbonyl (C=O) groups excluding carboxylic acids is 2. The highest BCUT2D eigenvalue weighted by Gasteiger charge is 2.13. The van der Waals surface area contributed by atoms with Crippen molar-refractivity contribution in [1.82, 2.24) is 19.9 Å². The number of H-pyrrole nitrogens is 2. The van der Waals surface area contributed by atoms with Crippen LogP contribution in [0.1, 0.15) is 38.3 Å². The Morgan fingerprint density at radius 2 is 0.877 bits per heavy atom. The minimum Gasteiger partial charge on any atom is -0.497 e. The van der Waals surface area contributed by atoms with E-state index in [1.165, 1.54) is 0 Å². The van der Waals surface area contributed by atoms with E-state index in [1.807, 2.05) is 109 Å². The SMILES string of the molecule is COc1ccc(-c2nc3ccc(CC(=O)c4ccc(OCCCOc5ccc(C(=O)Cc6ccc7nc(-c8ccc(OC)cc8)[nH]c7c6)cc5)cc4)cc3[nH]2)cc1. The third-order valence-electron chi connectivity index (χ3n) is 9.73. The molecular formula is C47H40N4O6. The number of fused-ring (bicyclic) bond motifs is 2. The van der Waals surface area contributed by atoms with Gasteiger partial charge in [-0.3, -0.25) is 9.59 Å².